The zero-order chi connectivity index (χ0) is 21.8. The lowest BCUT2D eigenvalue weighted by Gasteiger charge is -2.34. The third-order valence-corrected chi connectivity index (χ3v) is 6.32. The molecule has 1 saturated heterocycles. The number of thiophene rings is 1. The van der Waals surface area contributed by atoms with E-state index in [0.717, 1.165) is 31.0 Å². The number of hydrogen-bond acceptors (Lipinski definition) is 7. The van der Waals surface area contributed by atoms with E-state index in [1.54, 1.807) is 4.90 Å². The number of nitro groups is 1. The maximum atomic E-state index is 12.4. The van der Waals surface area contributed by atoms with E-state index in [0.29, 0.717) is 13.1 Å². The number of hydrogen-bond donors (Lipinski definition) is 0. The van der Waals surface area contributed by atoms with Crippen LogP contribution in [-0.4, -0.2) is 59.4 Å². The van der Waals surface area contributed by atoms with Crippen molar-refractivity contribution in [2.24, 2.45) is 0 Å². The number of fused-ring (bicyclic) bond motifs is 1. The largest absolute Gasteiger partial charge is 0.451 e. The highest BCUT2D eigenvalue weighted by molar-refractivity contribution is 7.17. The Kier molecular flexibility index (Phi) is 6.24. The molecule has 1 aliphatic heterocycles. The lowest BCUT2D eigenvalue weighted by atomic mass is 10.0. The topological polar surface area (TPSA) is 93.0 Å². The first-order chi connectivity index (χ1) is 15.0. The van der Waals surface area contributed by atoms with Gasteiger partial charge < -0.3 is 9.64 Å². The van der Waals surface area contributed by atoms with Crippen molar-refractivity contribution in [3.05, 3.63) is 75.2 Å². The smallest absolute Gasteiger partial charge is 0.349 e. The Bertz CT molecular complexity index is 1120. The van der Waals surface area contributed by atoms with Gasteiger partial charge in [0.15, 0.2) is 6.61 Å². The molecule has 0 atom stereocenters. The molecule has 2 aromatic carbocycles. The van der Waals surface area contributed by atoms with Gasteiger partial charge in [0.1, 0.15) is 4.88 Å². The van der Waals surface area contributed by atoms with Crippen molar-refractivity contribution in [2.75, 3.05) is 32.8 Å². The molecular weight excluding hydrogens is 418 g/mol. The van der Waals surface area contributed by atoms with Crippen molar-refractivity contribution < 1.29 is 19.2 Å². The predicted molar refractivity (Wildman–Crippen MR) is 117 cm³/mol. The van der Waals surface area contributed by atoms with Crippen molar-refractivity contribution >= 4 is 39.0 Å². The third kappa shape index (κ3) is 4.89. The molecule has 2 heterocycles. The van der Waals surface area contributed by atoms with Gasteiger partial charge in [-0.2, -0.15) is 0 Å². The highest BCUT2D eigenvalue weighted by Gasteiger charge is 2.23. The average molecular weight is 439 g/mol. The van der Waals surface area contributed by atoms with Gasteiger partial charge in [0, 0.05) is 38.8 Å². The van der Waals surface area contributed by atoms with Crippen LogP contribution in [0.1, 0.15) is 15.2 Å². The van der Waals surface area contributed by atoms with Gasteiger partial charge in [-0.15, -0.1) is 0 Å². The van der Waals surface area contributed by atoms with Crippen LogP contribution < -0.4 is 0 Å². The summed E-state index contributed by atoms with van der Waals surface area (Å²) in [6, 6.07) is 17.2. The normalized spacial score (nSPS) is 14.5. The lowest BCUT2D eigenvalue weighted by Crippen LogP contribution is -2.49. The molecule has 0 saturated carbocycles. The van der Waals surface area contributed by atoms with Gasteiger partial charge in [-0.05, 0) is 22.4 Å². The van der Waals surface area contributed by atoms with E-state index in [9.17, 15) is 19.7 Å². The maximum Gasteiger partial charge on any atom is 0.349 e. The Hall–Kier alpha value is -3.30. The van der Waals surface area contributed by atoms with Gasteiger partial charge in [-0.1, -0.05) is 53.8 Å². The van der Waals surface area contributed by atoms with Crippen molar-refractivity contribution in [3.63, 3.8) is 0 Å². The number of nitrogens with zero attached hydrogens (tertiary/aromatic N) is 3. The quantitative estimate of drug-likeness (QED) is 0.332. The fourth-order valence-corrected chi connectivity index (χ4v) is 4.37. The first-order valence-corrected chi connectivity index (χ1v) is 10.7. The Morgan fingerprint density at radius 1 is 1.00 bits per heavy atom. The van der Waals surface area contributed by atoms with Gasteiger partial charge in [0.25, 0.3) is 5.91 Å². The highest BCUT2D eigenvalue weighted by Crippen LogP contribution is 2.24. The first kappa shape index (κ1) is 21.0. The minimum Gasteiger partial charge on any atom is -0.451 e. The molecule has 1 aliphatic rings. The number of rotatable bonds is 6. The second kappa shape index (κ2) is 9.23. The third-order valence-electron chi connectivity index (χ3n) is 5.30. The summed E-state index contributed by atoms with van der Waals surface area (Å²) in [4.78, 5) is 38.7. The summed E-state index contributed by atoms with van der Waals surface area (Å²) >= 11 is 0.733. The number of carbonyl (C=O) groups is 2. The average Bonchev–Trinajstić information content (AvgIpc) is 3.29. The minimum absolute atomic E-state index is 0.111. The number of carbonyl (C=O) groups excluding carboxylic acids is 2. The second-order valence-corrected chi connectivity index (χ2v) is 8.33. The minimum atomic E-state index is -0.721. The molecule has 1 amide bonds. The van der Waals surface area contributed by atoms with Gasteiger partial charge in [-0.3, -0.25) is 19.8 Å². The molecule has 3 aromatic rings. The first-order valence-electron chi connectivity index (χ1n) is 9.89. The van der Waals surface area contributed by atoms with Gasteiger partial charge in [-0.25, -0.2) is 4.79 Å². The van der Waals surface area contributed by atoms with Crippen LogP contribution in [0.4, 0.5) is 5.00 Å². The fraction of sp³-hybridized carbons (Fsp3) is 0.273. The monoisotopic (exact) mass is 439 g/mol. The van der Waals surface area contributed by atoms with E-state index in [2.05, 4.69) is 35.2 Å². The van der Waals surface area contributed by atoms with Gasteiger partial charge >= 0.3 is 11.0 Å². The summed E-state index contributed by atoms with van der Waals surface area (Å²) in [5.41, 5.74) is 1.26. The highest BCUT2D eigenvalue weighted by atomic mass is 32.1. The van der Waals surface area contributed by atoms with E-state index in [1.807, 2.05) is 12.1 Å². The van der Waals surface area contributed by atoms with Crippen LogP contribution in [0.2, 0.25) is 0 Å². The Balaban J connectivity index is 1.26. The molecule has 4 rings (SSSR count). The maximum absolute atomic E-state index is 12.4. The van der Waals surface area contributed by atoms with Crippen molar-refractivity contribution in [1.29, 1.82) is 0 Å². The number of esters is 1. The molecule has 1 fully saturated rings. The van der Waals surface area contributed by atoms with Gasteiger partial charge in [0.2, 0.25) is 0 Å². The molecule has 0 aliphatic carbocycles. The summed E-state index contributed by atoms with van der Waals surface area (Å²) in [5.74, 6) is -0.981. The number of benzene rings is 2. The Labute approximate surface area is 182 Å². The molecule has 31 heavy (non-hydrogen) atoms. The van der Waals surface area contributed by atoms with Crippen LogP contribution in [0.15, 0.2) is 54.6 Å². The molecular formula is C22H21N3O5S. The van der Waals surface area contributed by atoms with Crippen LogP contribution in [0.25, 0.3) is 10.8 Å². The number of amides is 1. The molecule has 0 N–H and O–H groups in total. The van der Waals surface area contributed by atoms with E-state index in [1.165, 1.54) is 28.5 Å². The van der Waals surface area contributed by atoms with E-state index < -0.39 is 10.9 Å². The Morgan fingerprint density at radius 2 is 1.74 bits per heavy atom. The lowest BCUT2D eigenvalue weighted by molar-refractivity contribution is -0.380. The SMILES string of the molecule is O=C(OCC(=O)N1CCN(Cc2cccc3ccccc23)CC1)c1ccc([N+](=O)[O-])s1. The van der Waals surface area contributed by atoms with Crippen LogP contribution in [0, 0.1) is 10.1 Å². The van der Waals surface area contributed by atoms with E-state index in [-0.39, 0.29) is 22.4 Å². The fourth-order valence-electron chi connectivity index (χ4n) is 3.65. The number of piperazine rings is 1. The summed E-state index contributed by atoms with van der Waals surface area (Å²) in [5, 5.41) is 13.0. The van der Waals surface area contributed by atoms with Crippen molar-refractivity contribution in [1.82, 2.24) is 9.80 Å². The summed E-state index contributed by atoms with van der Waals surface area (Å²) < 4.78 is 5.05. The molecule has 0 radical (unpaired) electrons. The summed E-state index contributed by atoms with van der Waals surface area (Å²) in [7, 11) is 0. The zero-order valence-electron chi connectivity index (χ0n) is 16.7. The van der Waals surface area contributed by atoms with Crippen LogP contribution >= 0.6 is 11.3 Å². The predicted octanol–water partition coefficient (Wildman–Crippen LogP) is 3.31. The second-order valence-electron chi connectivity index (χ2n) is 7.27. The van der Waals surface area contributed by atoms with E-state index >= 15 is 0 Å². The van der Waals surface area contributed by atoms with E-state index in [4.69, 9.17) is 4.74 Å². The standard InChI is InChI=1S/C22H21N3O5S/c26-20(15-30-22(27)19-8-9-21(31-19)25(28)29)24-12-10-23(11-13-24)14-17-6-3-5-16-4-1-2-7-18(16)17/h1-9H,10-15H2. The van der Waals surface area contributed by atoms with Crippen molar-refractivity contribution in [2.45, 2.75) is 6.54 Å². The zero-order valence-corrected chi connectivity index (χ0v) is 17.5. The number of ether oxygens (including phenoxy) is 1. The van der Waals surface area contributed by atoms with Crippen LogP contribution in [0.5, 0.6) is 0 Å². The molecule has 0 spiro atoms. The molecule has 160 valence electrons. The Morgan fingerprint density at radius 3 is 2.48 bits per heavy atom. The molecule has 0 bridgehead atoms. The van der Waals surface area contributed by atoms with Gasteiger partial charge in [0.05, 0.1) is 4.92 Å². The van der Waals surface area contributed by atoms with Crippen molar-refractivity contribution in [3.8, 4) is 0 Å². The summed E-state index contributed by atoms with van der Waals surface area (Å²) in [6.07, 6.45) is 0. The summed E-state index contributed by atoms with van der Waals surface area (Å²) in [6.45, 7) is 3.04. The molecule has 8 nitrogen and oxygen atoms in total. The van der Waals surface area contributed by atoms with Crippen LogP contribution in [-0.2, 0) is 16.1 Å². The molecule has 1 aromatic heterocycles. The molecule has 0 unspecified atom stereocenters. The molecule has 9 heteroatoms. The van der Waals surface area contributed by atoms with Crippen LogP contribution in [0.3, 0.4) is 0 Å².